The van der Waals surface area contributed by atoms with Gasteiger partial charge in [-0.1, -0.05) is 41.5 Å². The van der Waals surface area contributed by atoms with Crippen LogP contribution in [-0.4, -0.2) is 10.6 Å². The van der Waals surface area contributed by atoms with Gasteiger partial charge in [-0.05, 0) is 18.4 Å². The summed E-state index contributed by atoms with van der Waals surface area (Å²) < 4.78 is 0.737. The summed E-state index contributed by atoms with van der Waals surface area (Å²) in [5.41, 5.74) is 0.882. The van der Waals surface area contributed by atoms with Gasteiger partial charge in [-0.25, -0.2) is 0 Å². The number of halogens is 2. The van der Waals surface area contributed by atoms with Gasteiger partial charge in [0.2, 0.25) is 0 Å². The van der Waals surface area contributed by atoms with Crippen molar-refractivity contribution in [2.75, 3.05) is 6.26 Å². The van der Waals surface area contributed by atoms with E-state index in [1.807, 2.05) is 24.5 Å². The summed E-state index contributed by atoms with van der Waals surface area (Å²) in [6, 6.07) is 5.44. The van der Waals surface area contributed by atoms with Crippen molar-refractivity contribution in [3.05, 3.63) is 33.8 Å². The lowest BCUT2D eigenvalue weighted by atomic mass is 10.2. The van der Waals surface area contributed by atoms with Crippen molar-refractivity contribution < 1.29 is 0 Å². The molecular weight excluding hydrogens is 257 g/mol. The maximum absolute atomic E-state index is 5.98. The molecule has 14 heavy (non-hydrogen) atoms. The predicted molar refractivity (Wildman–Crippen MR) is 69.4 cm³/mol. The fraction of sp³-hybridized carbons (Fsp3) is 0.222. The van der Waals surface area contributed by atoms with Gasteiger partial charge in [-0.15, -0.1) is 11.8 Å². The Labute approximate surface area is 103 Å². The number of benzene rings is 1. The predicted octanol–water partition coefficient (Wildman–Crippen LogP) is 3.73. The van der Waals surface area contributed by atoms with Crippen molar-refractivity contribution in [1.29, 1.82) is 0 Å². The molecule has 76 valence electrons. The molecule has 0 aliphatic heterocycles. The molecule has 0 radical (unpaired) electrons. The van der Waals surface area contributed by atoms with Gasteiger partial charge in [0.25, 0.3) is 0 Å². The molecule has 1 aromatic carbocycles. The highest BCUT2D eigenvalue weighted by Crippen LogP contribution is 2.23. The third kappa shape index (κ3) is 3.31. The highest BCUT2D eigenvalue weighted by atomic mass is 35.5. The van der Waals surface area contributed by atoms with Crippen LogP contribution in [0.1, 0.15) is 5.56 Å². The molecule has 0 fully saturated rings. The van der Waals surface area contributed by atoms with Gasteiger partial charge in [0.15, 0.2) is 0 Å². The van der Waals surface area contributed by atoms with Gasteiger partial charge in [0.05, 0.1) is 0 Å². The SMILES string of the molecule is CSC(=S)NCc1c(Cl)cccc1Cl. The average Bonchev–Trinajstić information content (AvgIpc) is 2.16. The molecule has 1 aromatic rings. The van der Waals surface area contributed by atoms with Crippen LogP contribution in [0.25, 0.3) is 0 Å². The van der Waals surface area contributed by atoms with Crippen LogP contribution >= 0.6 is 47.2 Å². The van der Waals surface area contributed by atoms with Gasteiger partial charge < -0.3 is 5.32 Å². The number of rotatable bonds is 2. The maximum Gasteiger partial charge on any atom is 0.133 e. The number of hydrogen-bond acceptors (Lipinski definition) is 2. The summed E-state index contributed by atoms with van der Waals surface area (Å²) in [4.78, 5) is 0. The average molecular weight is 266 g/mol. The van der Waals surface area contributed by atoms with Crippen LogP contribution < -0.4 is 5.32 Å². The van der Waals surface area contributed by atoms with Crippen molar-refractivity contribution in [2.45, 2.75) is 6.54 Å². The van der Waals surface area contributed by atoms with E-state index in [0.29, 0.717) is 16.6 Å². The van der Waals surface area contributed by atoms with E-state index in [1.54, 1.807) is 0 Å². The van der Waals surface area contributed by atoms with Crippen molar-refractivity contribution in [3.8, 4) is 0 Å². The van der Waals surface area contributed by atoms with E-state index in [0.717, 1.165) is 9.88 Å². The normalized spacial score (nSPS) is 9.93. The Morgan fingerprint density at radius 2 is 2.00 bits per heavy atom. The largest absolute Gasteiger partial charge is 0.367 e. The minimum absolute atomic E-state index is 0.568. The van der Waals surface area contributed by atoms with E-state index in [1.165, 1.54) is 11.8 Å². The lowest BCUT2D eigenvalue weighted by Gasteiger charge is -2.08. The van der Waals surface area contributed by atoms with E-state index >= 15 is 0 Å². The third-order valence-corrected chi connectivity index (χ3v) is 3.52. The van der Waals surface area contributed by atoms with Crippen LogP contribution in [0.5, 0.6) is 0 Å². The van der Waals surface area contributed by atoms with Gasteiger partial charge in [-0.3, -0.25) is 0 Å². The second-order valence-corrected chi connectivity index (χ2v) is 4.84. The van der Waals surface area contributed by atoms with Crippen molar-refractivity contribution in [2.24, 2.45) is 0 Å². The smallest absolute Gasteiger partial charge is 0.133 e. The Kier molecular flexibility index (Phi) is 5.02. The molecule has 0 heterocycles. The topological polar surface area (TPSA) is 12.0 Å². The Balaban J connectivity index is 2.71. The summed E-state index contributed by atoms with van der Waals surface area (Å²) in [5.74, 6) is 0. The Hall–Kier alpha value is 0.0400. The number of hydrogen-bond donors (Lipinski definition) is 1. The molecule has 0 aliphatic rings. The first kappa shape index (κ1) is 12.1. The zero-order chi connectivity index (χ0) is 10.6. The summed E-state index contributed by atoms with van der Waals surface area (Å²) in [6.45, 7) is 0.568. The van der Waals surface area contributed by atoms with Crippen LogP contribution in [-0.2, 0) is 6.54 Å². The summed E-state index contributed by atoms with van der Waals surface area (Å²) in [5, 5.41) is 4.38. The van der Waals surface area contributed by atoms with Crippen LogP contribution in [0.4, 0.5) is 0 Å². The first-order chi connectivity index (χ1) is 6.65. The molecule has 0 atom stereocenters. The summed E-state index contributed by atoms with van der Waals surface area (Å²) in [7, 11) is 0. The molecule has 1 rings (SSSR count). The third-order valence-electron chi connectivity index (χ3n) is 1.66. The van der Waals surface area contributed by atoms with Gasteiger partial charge in [-0.2, -0.15) is 0 Å². The highest BCUT2D eigenvalue weighted by Gasteiger charge is 2.04. The lowest BCUT2D eigenvalue weighted by Crippen LogP contribution is -2.17. The van der Waals surface area contributed by atoms with Gasteiger partial charge in [0, 0.05) is 22.2 Å². The van der Waals surface area contributed by atoms with E-state index < -0.39 is 0 Å². The molecule has 0 aliphatic carbocycles. The number of nitrogens with one attached hydrogen (secondary N) is 1. The molecule has 0 saturated carbocycles. The number of thioether (sulfide) groups is 1. The summed E-state index contributed by atoms with van der Waals surface area (Å²) >= 11 is 18.5. The van der Waals surface area contributed by atoms with Crippen molar-refractivity contribution >= 4 is 51.5 Å². The molecular formula is C9H9Cl2NS2. The molecule has 5 heteroatoms. The standard InChI is InChI=1S/C9H9Cl2NS2/c1-14-9(13)12-5-6-7(10)3-2-4-8(6)11/h2-4H,5H2,1H3,(H,12,13). The highest BCUT2D eigenvalue weighted by molar-refractivity contribution is 8.22. The molecule has 0 bridgehead atoms. The van der Waals surface area contributed by atoms with E-state index in [-0.39, 0.29) is 0 Å². The maximum atomic E-state index is 5.98. The second-order valence-electron chi connectivity index (χ2n) is 2.55. The molecule has 1 N–H and O–H groups in total. The Bertz CT molecular complexity index is 321. The zero-order valence-electron chi connectivity index (χ0n) is 7.51. The molecule has 0 spiro atoms. The molecule has 0 amide bonds. The fourth-order valence-electron chi connectivity index (χ4n) is 0.934. The minimum Gasteiger partial charge on any atom is -0.367 e. The molecule has 0 aromatic heterocycles. The van der Waals surface area contributed by atoms with E-state index in [9.17, 15) is 0 Å². The quantitative estimate of drug-likeness (QED) is 0.819. The van der Waals surface area contributed by atoms with Crippen molar-refractivity contribution in [3.63, 3.8) is 0 Å². The van der Waals surface area contributed by atoms with Crippen LogP contribution in [0.3, 0.4) is 0 Å². The van der Waals surface area contributed by atoms with Crippen molar-refractivity contribution in [1.82, 2.24) is 5.32 Å². The fourth-order valence-corrected chi connectivity index (χ4v) is 1.75. The van der Waals surface area contributed by atoms with Gasteiger partial charge >= 0.3 is 0 Å². The Morgan fingerprint density at radius 1 is 1.43 bits per heavy atom. The van der Waals surface area contributed by atoms with E-state index in [2.05, 4.69) is 5.32 Å². The first-order valence-electron chi connectivity index (χ1n) is 3.90. The Morgan fingerprint density at radius 3 is 2.50 bits per heavy atom. The molecule has 0 unspecified atom stereocenters. The van der Waals surface area contributed by atoms with E-state index in [4.69, 9.17) is 35.4 Å². The van der Waals surface area contributed by atoms with Gasteiger partial charge in [0.1, 0.15) is 4.32 Å². The molecule has 1 nitrogen and oxygen atoms in total. The first-order valence-corrected chi connectivity index (χ1v) is 6.28. The second kappa shape index (κ2) is 5.81. The zero-order valence-corrected chi connectivity index (χ0v) is 10.7. The van der Waals surface area contributed by atoms with Crippen LogP contribution in [0.2, 0.25) is 10.0 Å². The number of thiocarbonyl (C=S) groups is 1. The monoisotopic (exact) mass is 265 g/mol. The minimum atomic E-state index is 0.568. The molecule has 0 saturated heterocycles. The van der Waals surface area contributed by atoms with Crippen LogP contribution in [0, 0.1) is 0 Å². The lowest BCUT2D eigenvalue weighted by molar-refractivity contribution is 0.940. The summed E-state index contributed by atoms with van der Waals surface area (Å²) in [6.07, 6.45) is 1.92. The van der Waals surface area contributed by atoms with Crippen LogP contribution in [0.15, 0.2) is 18.2 Å².